The molecule has 0 atom stereocenters. The van der Waals surface area contributed by atoms with Gasteiger partial charge in [0.15, 0.2) is 0 Å². The van der Waals surface area contributed by atoms with Crippen molar-refractivity contribution in [2.45, 2.75) is 48.5 Å². The first-order valence-corrected chi connectivity index (χ1v) is 10.9. The summed E-state index contributed by atoms with van der Waals surface area (Å²) < 4.78 is 0. The molecule has 0 aromatic carbocycles. The number of rotatable bonds is 1. The predicted molar refractivity (Wildman–Crippen MR) is 83.8 cm³/mol. The van der Waals surface area contributed by atoms with Gasteiger partial charge in [-0.15, -0.1) is 0 Å². The van der Waals surface area contributed by atoms with Gasteiger partial charge >= 0.3 is 0 Å². The molecular formula is C10H25I2N. The zero-order valence-corrected chi connectivity index (χ0v) is 14.6. The second-order valence-electron chi connectivity index (χ2n) is 1.88. The first-order valence-electron chi connectivity index (χ1n) is 4.64. The van der Waals surface area contributed by atoms with Crippen LogP contribution in [-0.2, 0) is 0 Å². The Morgan fingerprint density at radius 2 is 1.08 bits per heavy atom. The maximum atomic E-state index is 3.04. The van der Waals surface area contributed by atoms with Gasteiger partial charge in [0.25, 0.3) is 0 Å². The Labute approximate surface area is 108 Å². The van der Waals surface area contributed by atoms with Crippen molar-refractivity contribution in [3.8, 4) is 0 Å². The van der Waals surface area contributed by atoms with Crippen LogP contribution in [0.5, 0.6) is 0 Å². The van der Waals surface area contributed by atoms with Gasteiger partial charge in [-0.25, -0.2) is 0 Å². The number of hydrogen-bond donors (Lipinski definition) is 1. The van der Waals surface area contributed by atoms with Crippen LogP contribution < -0.4 is 5.32 Å². The lowest BCUT2D eigenvalue weighted by atomic mass is 10.3. The summed E-state index contributed by atoms with van der Waals surface area (Å²) in [7, 11) is 1.93. The molecule has 0 aliphatic carbocycles. The molecule has 0 spiro atoms. The van der Waals surface area contributed by atoms with E-state index in [0.29, 0.717) is 0 Å². The van der Waals surface area contributed by atoms with Crippen molar-refractivity contribution >= 4 is 37.2 Å². The lowest BCUT2D eigenvalue weighted by Gasteiger charge is -1.98. The van der Waals surface area contributed by atoms with Crippen LogP contribution in [-0.4, -0.2) is 7.05 Å². The molecule has 0 aromatic rings. The summed E-state index contributed by atoms with van der Waals surface area (Å²) in [6, 6.07) is 0. The molecule has 1 nitrogen and oxygen atoms in total. The first kappa shape index (κ1) is 23.7. The standard InChI is InChI=1S/C6H13N.2C2H6.I2/c1-5(2)6(3)7-4;3*1-2/h7H,1-4H3;2*1-2H3;. The van der Waals surface area contributed by atoms with Crippen LogP contribution in [0.25, 0.3) is 0 Å². The van der Waals surface area contributed by atoms with Gasteiger partial charge in [-0.1, -0.05) is 33.3 Å². The Kier molecular flexibility index (Phi) is 53.2. The molecule has 84 valence electrons. The van der Waals surface area contributed by atoms with Crippen molar-refractivity contribution in [1.82, 2.24) is 5.32 Å². The van der Waals surface area contributed by atoms with Crippen molar-refractivity contribution in [2.24, 2.45) is 0 Å². The fourth-order valence-electron chi connectivity index (χ4n) is 0.250. The molecule has 0 saturated carbocycles. The van der Waals surface area contributed by atoms with Crippen LogP contribution in [0, 0.1) is 0 Å². The number of nitrogens with one attached hydrogen (secondary N) is 1. The number of halogens is 2. The van der Waals surface area contributed by atoms with Crippen LogP contribution in [0.15, 0.2) is 11.3 Å². The van der Waals surface area contributed by atoms with Crippen LogP contribution in [0.3, 0.4) is 0 Å². The van der Waals surface area contributed by atoms with E-state index in [1.807, 2.05) is 34.7 Å². The minimum Gasteiger partial charge on any atom is -0.392 e. The minimum atomic E-state index is 1.26. The molecule has 0 saturated heterocycles. The molecule has 0 radical (unpaired) electrons. The summed E-state index contributed by atoms with van der Waals surface area (Å²) >= 11 is 4.24. The first-order chi connectivity index (χ1) is 6.18. The summed E-state index contributed by atoms with van der Waals surface area (Å²) in [5.41, 5.74) is 2.61. The van der Waals surface area contributed by atoms with E-state index in [1.54, 1.807) is 0 Å². The van der Waals surface area contributed by atoms with Gasteiger partial charge in [0.1, 0.15) is 0 Å². The van der Waals surface area contributed by atoms with E-state index in [1.165, 1.54) is 11.3 Å². The van der Waals surface area contributed by atoms with Crippen LogP contribution in [0.4, 0.5) is 0 Å². The van der Waals surface area contributed by atoms with E-state index in [4.69, 9.17) is 0 Å². The Morgan fingerprint density at radius 3 is 1.08 bits per heavy atom. The summed E-state index contributed by atoms with van der Waals surface area (Å²) in [6.45, 7) is 14.2. The van der Waals surface area contributed by atoms with Crippen LogP contribution in [0.1, 0.15) is 48.5 Å². The normalized spacial score (nSPS) is 5.69. The van der Waals surface area contributed by atoms with Gasteiger partial charge in [0.2, 0.25) is 0 Å². The average Bonchev–Trinajstić information content (AvgIpc) is 2.25. The Hall–Kier alpha value is 1.00. The topological polar surface area (TPSA) is 12.0 Å². The molecule has 0 aromatic heterocycles. The van der Waals surface area contributed by atoms with Gasteiger partial charge in [-0.05, 0) is 20.8 Å². The molecule has 0 aliphatic rings. The number of hydrogen-bond acceptors (Lipinski definition) is 1. The fraction of sp³-hybridized carbons (Fsp3) is 0.800. The highest BCUT2D eigenvalue weighted by Gasteiger charge is 1.81. The third-order valence-electron chi connectivity index (χ3n) is 1.12. The molecule has 13 heavy (non-hydrogen) atoms. The summed E-state index contributed by atoms with van der Waals surface area (Å²) in [6.07, 6.45) is 0. The lowest BCUT2D eigenvalue weighted by molar-refractivity contribution is 0.957. The quantitative estimate of drug-likeness (QED) is 0.573. The average molecular weight is 413 g/mol. The molecule has 0 unspecified atom stereocenters. The largest absolute Gasteiger partial charge is 0.392 e. The highest BCUT2D eigenvalue weighted by atomic mass is 128. The third-order valence-corrected chi connectivity index (χ3v) is 1.12. The Balaban J connectivity index is -0.0000000573. The summed E-state index contributed by atoms with van der Waals surface area (Å²) in [4.78, 5) is 0. The van der Waals surface area contributed by atoms with Crippen molar-refractivity contribution < 1.29 is 0 Å². The third kappa shape index (κ3) is 32.1. The second kappa shape index (κ2) is 29.2. The molecule has 0 fully saturated rings. The molecule has 0 rings (SSSR count). The van der Waals surface area contributed by atoms with Crippen LogP contribution >= 0.6 is 37.2 Å². The van der Waals surface area contributed by atoms with Gasteiger partial charge < -0.3 is 5.32 Å². The van der Waals surface area contributed by atoms with Crippen molar-refractivity contribution in [2.75, 3.05) is 7.05 Å². The zero-order chi connectivity index (χ0) is 11.9. The Bertz CT molecular complexity index is 86.9. The zero-order valence-electron chi connectivity index (χ0n) is 10.3. The molecule has 0 aliphatic heterocycles. The predicted octanol–water partition coefficient (Wildman–Crippen LogP) is 5.34. The van der Waals surface area contributed by atoms with E-state index < -0.39 is 0 Å². The highest BCUT2D eigenvalue weighted by Crippen LogP contribution is 1.94. The molecule has 1 N–H and O–H groups in total. The van der Waals surface area contributed by atoms with Crippen LogP contribution in [0.2, 0.25) is 0 Å². The maximum absolute atomic E-state index is 3.04. The molecule has 3 heteroatoms. The van der Waals surface area contributed by atoms with E-state index >= 15 is 0 Å². The summed E-state index contributed by atoms with van der Waals surface area (Å²) in [5.74, 6) is 0. The molecular weight excluding hydrogens is 388 g/mol. The molecule has 0 amide bonds. The SMILES string of the molecule is CC.CC.CNC(C)=C(C)C.II. The van der Waals surface area contributed by atoms with Crippen molar-refractivity contribution in [3.63, 3.8) is 0 Å². The fourth-order valence-corrected chi connectivity index (χ4v) is 0.250. The highest BCUT2D eigenvalue weighted by molar-refractivity contribution is 15.0. The molecule has 0 heterocycles. The van der Waals surface area contributed by atoms with Gasteiger partial charge in [0.05, 0.1) is 0 Å². The van der Waals surface area contributed by atoms with Crippen molar-refractivity contribution in [1.29, 1.82) is 0 Å². The van der Waals surface area contributed by atoms with Gasteiger partial charge in [-0.3, -0.25) is 0 Å². The second-order valence-corrected chi connectivity index (χ2v) is 1.88. The smallest absolute Gasteiger partial charge is 0.00587 e. The van der Waals surface area contributed by atoms with E-state index in [-0.39, 0.29) is 0 Å². The van der Waals surface area contributed by atoms with Gasteiger partial charge in [-0.2, -0.15) is 0 Å². The summed E-state index contributed by atoms with van der Waals surface area (Å²) in [5, 5.41) is 3.04. The van der Waals surface area contributed by atoms with E-state index in [2.05, 4.69) is 63.3 Å². The lowest BCUT2D eigenvalue weighted by Crippen LogP contribution is -2.02. The van der Waals surface area contributed by atoms with E-state index in [9.17, 15) is 0 Å². The van der Waals surface area contributed by atoms with Gasteiger partial charge in [0, 0.05) is 50.0 Å². The number of allylic oxidation sites excluding steroid dienone is 2. The minimum absolute atomic E-state index is 1.26. The maximum Gasteiger partial charge on any atom is 0.00587 e. The Morgan fingerprint density at radius 1 is 0.846 bits per heavy atom. The monoisotopic (exact) mass is 413 g/mol. The van der Waals surface area contributed by atoms with Crippen molar-refractivity contribution in [3.05, 3.63) is 11.3 Å². The molecule has 0 bridgehead atoms. The van der Waals surface area contributed by atoms with E-state index in [0.717, 1.165) is 0 Å².